The highest BCUT2D eigenvalue weighted by molar-refractivity contribution is 7.92. The second-order valence-corrected chi connectivity index (χ2v) is 8.45. The van der Waals surface area contributed by atoms with Gasteiger partial charge >= 0.3 is 0 Å². The van der Waals surface area contributed by atoms with Gasteiger partial charge in [0.05, 0.1) is 17.0 Å². The summed E-state index contributed by atoms with van der Waals surface area (Å²) in [5.74, 6) is -0.201. The Hall–Kier alpha value is -2.09. The lowest BCUT2D eigenvalue weighted by molar-refractivity contribution is 0.0790. The highest BCUT2D eigenvalue weighted by atomic mass is 35.5. The van der Waals surface area contributed by atoms with Crippen LogP contribution in [0.5, 0.6) is 0 Å². The molecule has 3 rings (SSSR count). The summed E-state index contributed by atoms with van der Waals surface area (Å²) in [7, 11) is -3.46. The summed E-state index contributed by atoms with van der Waals surface area (Å²) in [5.41, 5.74) is 8.02. The summed E-state index contributed by atoms with van der Waals surface area (Å²) in [6.07, 6.45) is 0. The van der Waals surface area contributed by atoms with Gasteiger partial charge in [0.2, 0.25) is 10.0 Å². The Morgan fingerprint density at radius 2 is 1.74 bits per heavy atom. The fourth-order valence-electron chi connectivity index (χ4n) is 3.22. The molecule has 0 aromatic heterocycles. The van der Waals surface area contributed by atoms with Gasteiger partial charge in [-0.3, -0.25) is 9.52 Å². The first-order chi connectivity index (χ1) is 12.4. The number of anilines is 1. The lowest BCUT2D eigenvalue weighted by Gasteiger charge is -2.19. The number of carbonyl (C=O) groups excluding carboxylic acids is 1. The number of sulfonamides is 1. The van der Waals surface area contributed by atoms with Crippen molar-refractivity contribution < 1.29 is 13.2 Å². The first kappa shape index (κ1) is 21.2. The number of likely N-dealkylation sites (tertiary alicyclic amines) is 1. The molecule has 8 heteroatoms. The summed E-state index contributed by atoms with van der Waals surface area (Å²) in [6, 6.07) is 16.4. The van der Waals surface area contributed by atoms with E-state index >= 15 is 0 Å². The molecule has 0 aliphatic carbocycles. The molecule has 0 radical (unpaired) electrons. The first-order valence-corrected chi connectivity index (χ1v) is 10.3. The molecule has 2 atom stereocenters. The van der Waals surface area contributed by atoms with Gasteiger partial charge in [0, 0.05) is 25.0 Å². The number of rotatable bonds is 5. The van der Waals surface area contributed by atoms with E-state index in [1.54, 1.807) is 36.1 Å². The Morgan fingerprint density at radius 3 is 2.41 bits per heavy atom. The van der Waals surface area contributed by atoms with Crippen molar-refractivity contribution in [3.05, 3.63) is 65.7 Å². The summed E-state index contributed by atoms with van der Waals surface area (Å²) in [5, 5.41) is 0. The predicted octanol–water partition coefficient (Wildman–Crippen LogP) is 2.44. The number of hydrogen-bond donors (Lipinski definition) is 2. The van der Waals surface area contributed by atoms with Crippen LogP contribution in [0.4, 0.5) is 5.69 Å². The molecule has 2 aromatic carbocycles. The third-order valence-electron chi connectivity index (χ3n) is 4.68. The van der Waals surface area contributed by atoms with Gasteiger partial charge in [-0.15, -0.1) is 12.4 Å². The molecule has 2 aromatic rings. The highest BCUT2D eigenvalue weighted by Gasteiger charge is 2.34. The molecule has 1 aliphatic rings. The molecule has 1 saturated heterocycles. The van der Waals surface area contributed by atoms with Crippen molar-refractivity contribution in [3.8, 4) is 0 Å². The molecule has 0 spiro atoms. The van der Waals surface area contributed by atoms with E-state index in [9.17, 15) is 13.2 Å². The fraction of sp³-hybridized carbons (Fsp3) is 0.316. The Labute approximate surface area is 166 Å². The van der Waals surface area contributed by atoms with E-state index in [1.165, 1.54) is 0 Å². The van der Waals surface area contributed by atoms with Crippen molar-refractivity contribution >= 4 is 34.0 Å². The molecule has 1 aliphatic heterocycles. The zero-order valence-electron chi connectivity index (χ0n) is 15.0. The molecule has 6 nitrogen and oxygen atoms in total. The van der Waals surface area contributed by atoms with Crippen LogP contribution in [0.15, 0.2) is 54.6 Å². The van der Waals surface area contributed by atoms with E-state index in [1.807, 2.05) is 30.3 Å². The smallest absolute Gasteiger partial charge is 0.256 e. The Balaban J connectivity index is 0.00000261. The van der Waals surface area contributed by atoms with E-state index in [2.05, 4.69) is 4.72 Å². The Bertz CT molecular complexity index is 890. The predicted molar refractivity (Wildman–Crippen MR) is 110 cm³/mol. The van der Waals surface area contributed by atoms with Crippen LogP contribution in [0.25, 0.3) is 0 Å². The van der Waals surface area contributed by atoms with Gasteiger partial charge in [-0.05, 0) is 24.6 Å². The SMILES string of the molecule is CCS(=O)(=O)Nc1ccccc1C(=O)N1C[C@@H](N)[C@H](c2ccccc2)C1.Cl. The van der Waals surface area contributed by atoms with Gasteiger partial charge < -0.3 is 10.6 Å². The molecule has 1 heterocycles. The Morgan fingerprint density at radius 1 is 1.11 bits per heavy atom. The molecule has 1 amide bonds. The molecule has 146 valence electrons. The van der Waals surface area contributed by atoms with E-state index in [4.69, 9.17) is 5.73 Å². The van der Waals surface area contributed by atoms with Crippen LogP contribution in [0, 0.1) is 0 Å². The van der Waals surface area contributed by atoms with Crippen molar-refractivity contribution in [2.24, 2.45) is 5.73 Å². The number of nitrogens with one attached hydrogen (secondary N) is 1. The average molecular weight is 410 g/mol. The van der Waals surface area contributed by atoms with E-state index < -0.39 is 10.0 Å². The van der Waals surface area contributed by atoms with E-state index in [-0.39, 0.29) is 36.0 Å². The number of para-hydroxylation sites is 1. The standard InChI is InChI=1S/C19H23N3O3S.ClH/c1-2-26(24,25)21-18-11-7-6-10-15(18)19(23)22-12-16(17(20)13-22)14-8-4-3-5-9-14;/h3-11,16-17,21H,2,12-13,20H2,1H3;1H/t16-,17+;/m0./s1. The number of benzene rings is 2. The maximum absolute atomic E-state index is 13.0. The summed E-state index contributed by atoms with van der Waals surface area (Å²) < 4.78 is 26.3. The van der Waals surface area contributed by atoms with Crippen molar-refractivity contribution in [3.63, 3.8) is 0 Å². The number of halogens is 1. The van der Waals surface area contributed by atoms with Crippen molar-refractivity contribution in [2.45, 2.75) is 18.9 Å². The molecule has 3 N–H and O–H groups in total. The minimum absolute atomic E-state index is 0. The van der Waals surface area contributed by atoms with Crippen molar-refractivity contribution in [1.29, 1.82) is 0 Å². The van der Waals surface area contributed by atoms with Gasteiger partial charge in [-0.2, -0.15) is 0 Å². The quantitative estimate of drug-likeness (QED) is 0.793. The Kier molecular flexibility index (Phi) is 6.86. The molecular formula is C19H24ClN3O3S. The van der Waals surface area contributed by atoms with Crippen LogP contribution in [-0.2, 0) is 10.0 Å². The number of nitrogens with zero attached hydrogens (tertiary/aromatic N) is 1. The summed E-state index contributed by atoms with van der Waals surface area (Å²) in [6.45, 7) is 2.50. The topological polar surface area (TPSA) is 92.5 Å². The maximum atomic E-state index is 13.0. The summed E-state index contributed by atoms with van der Waals surface area (Å²) in [4.78, 5) is 14.7. The largest absolute Gasteiger partial charge is 0.336 e. The van der Waals surface area contributed by atoms with Gasteiger partial charge in [-0.1, -0.05) is 42.5 Å². The minimum atomic E-state index is -3.46. The molecular weight excluding hydrogens is 386 g/mol. The van der Waals surface area contributed by atoms with E-state index in [0.717, 1.165) is 5.56 Å². The zero-order valence-corrected chi connectivity index (χ0v) is 16.7. The van der Waals surface area contributed by atoms with Crippen LogP contribution in [0.1, 0.15) is 28.8 Å². The van der Waals surface area contributed by atoms with Gasteiger partial charge in [0.25, 0.3) is 5.91 Å². The number of nitrogens with two attached hydrogens (primary N) is 1. The third-order valence-corrected chi connectivity index (χ3v) is 5.97. The van der Waals surface area contributed by atoms with Crippen LogP contribution in [0.3, 0.4) is 0 Å². The maximum Gasteiger partial charge on any atom is 0.256 e. The van der Waals surface area contributed by atoms with Crippen molar-refractivity contribution in [2.75, 3.05) is 23.6 Å². The number of amides is 1. The molecule has 0 saturated carbocycles. The zero-order chi connectivity index (χ0) is 18.7. The van der Waals surface area contributed by atoms with Crippen LogP contribution in [-0.4, -0.2) is 44.1 Å². The van der Waals surface area contributed by atoms with Crippen LogP contribution < -0.4 is 10.5 Å². The molecule has 1 fully saturated rings. The van der Waals surface area contributed by atoms with Crippen LogP contribution in [0.2, 0.25) is 0 Å². The normalized spacial score (nSPS) is 19.4. The second-order valence-electron chi connectivity index (χ2n) is 6.44. The highest BCUT2D eigenvalue weighted by Crippen LogP contribution is 2.29. The van der Waals surface area contributed by atoms with Gasteiger partial charge in [-0.25, -0.2) is 8.42 Å². The minimum Gasteiger partial charge on any atom is -0.336 e. The molecule has 0 bridgehead atoms. The van der Waals surface area contributed by atoms with Crippen LogP contribution >= 0.6 is 12.4 Å². The van der Waals surface area contributed by atoms with Gasteiger partial charge in [0.1, 0.15) is 0 Å². The third kappa shape index (κ3) is 4.80. The monoisotopic (exact) mass is 409 g/mol. The fourth-order valence-corrected chi connectivity index (χ4v) is 3.87. The lowest BCUT2D eigenvalue weighted by Crippen LogP contribution is -2.32. The first-order valence-electron chi connectivity index (χ1n) is 8.60. The summed E-state index contributed by atoms with van der Waals surface area (Å²) >= 11 is 0. The average Bonchev–Trinajstić information content (AvgIpc) is 3.04. The van der Waals surface area contributed by atoms with Gasteiger partial charge in [0.15, 0.2) is 0 Å². The number of hydrogen-bond acceptors (Lipinski definition) is 4. The molecule has 27 heavy (non-hydrogen) atoms. The second kappa shape index (κ2) is 8.73. The molecule has 0 unspecified atom stereocenters. The number of carbonyl (C=O) groups is 1. The lowest BCUT2D eigenvalue weighted by atomic mass is 9.95. The van der Waals surface area contributed by atoms with Crippen molar-refractivity contribution in [1.82, 2.24) is 4.90 Å². The van der Waals surface area contributed by atoms with E-state index in [0.29, 0.717) is 24.3 Å².